The Bertz CT molecular complexity index is 247. The molecule has 0 saturated carbocycles. The van der Waals surface area contributed by atoms with Crippen LogP contribution in [0.4, 0.5) is 0 Å². The summed E-state index contributed by atoms with van der Waals surface area (Å²) in [6.07, 6.45) is -0.201. The van der Waals surface area contributed by atoms with E-state index in [4.69, 9.17) is 10.2 Å². The molecular formula is C6H11NO5S. The lowest BCUT2D eigenvalue weighted by atomic mass is 10.0. The molecule has 0 saturated heterocycles. The fraction of sp³-hybridized carbons (Fsp3) is 0.667. The van der Waals surface area contributed by atoms with Crippen molar-refractivity contribution in [3.05, 3.63) is 0 Å². The highest BCUT2D eigenvalue weighted by Crippen LogP contribution is 2.07. The molecule has 0 aromatic carbocycles. The molecule has 2 N–H and O–H groups in total. The maximum absolute atomic E-state index is 10.5. The Morgan fingerprint density at radius 3 is 2.38 bits per heavy atom. The molecular weight excluding hydrogens is 198 g/mol. The van der Waals surface area contributed by atoms with E-state index >= 15 is 0 Å². The van der Waals surface area contributed by atoms with Gasteiger partial charge < -0.3 is 10.2 Å². The van der Waals surface area contributed by atoms with Crippen LogP contribution in [0.5, 0.6) is 0 Å². The van der Waals surface area contributed by atoms with Crippen molar-refractivity contribution in [2.75, 3.05) is 6.54 Å². The molecule has 0 aromatic heterocycles. The second-order valence-electron chi connectivity index (χ2n) is 2.40. The summed E-state index contributed by atoms with van der Waals surface area (Å²) in [6.45, 7) is -0.0927. The Kier molecular flexibility index (Phi) is 5.86. The fourth-order valence-electron chi connectivity index (χ4n) is 0.738. The third-order valence-electron chi connectivity index (χ3n) is 1.43. The van der Waals surface area contributed by atoms with Gasteiger partial charge in [-0.25, -0.2) is 4.36 Å². The SMILES string of the molecule is O=[SH2]=NCC(CCC(=O)O)C(=O)O. The zero-order valence-electron chi connectivity index (χ0n) is 6.77. The van der Waals surface area contributed by atoms with Crippen molar-refractivity contribution in [3.63, 3.8) is 0 Å². The molecule has 1 unspecified atom stereocenters. The van der Waals surface area contributed by atoms with Gasteiger partial charge in [0.05, 0.1) is 12.5 Å². The Morgan fingerprint density at radius 2 is 2.00 bits per heavy atom. The van der Waals surface area contributed by atoms with E-state index < -0.39 is 29.3 Å². The number of nitrogens with zero attached hydrogens (tertiary/aromatic N) is 1. The number of rotatable bonds is 6. The van der Waals surface area contributed by atoms with Gasteiger partial charge in [0.2, 0.25) is 0 Å². The number of hydrogen-bond acceptors (Lipinski definition) is 4. The highest BCUT2D eigenvalue weighted by atomic mass is 32.1. The Labute approximate surface area is 77.8 Å². The highest BCUT2D eigenvalue weighted by molar-refractivity contribution is 7.54. The first-order valence-corrected chi connectivity index (χ1v) is 4.41. The summed E-state index contributed by atoms with van der Waals surface area (Å²) in [5, 5.41) is 16.8. The van der Waals surface area contributed by atoms with Crippen molar-refractivity contribution >= 4 is 23.4 Å². The van der Waals surface area contributed by atoms with Crippen molar-refractivity contribution in [1.29, 1.82) is 0 Å². The first-order valence-electron chi connectivity index (χ1n) is 3.56. The van der Waals surface area contributed by atoms with Gasteiger partial charge in [0.25, 0.3) is 0 Å². The summed E-state index contributed by atoms with van der Waals surface area (Å²) in [7, 11) is 0. The van der Waals surface area contributed by atoms with Crippen LogP contribution in [0.2, 0.25) is 0 Å². The molecule has 0 amide bonds. The lowest BCUT2D eigenvalue weighted by Gasteiger charge is -2.05. The van der Waals surface area contributed by atoms with Crippen LogP contribution in [0.1, 0.15) is 12.8 Å². The van der Waals surface area contributed by atoms with Crippen molar-refractivity contribution in [3.8, 4) is 0 Å². The van der Waals surface area contributed by atoms with Gasteiger partial charge in [-0.3, -0.25) is 13.8 Å². The van der Waals surface area contributed by atoms with E-state index in [-0.39, 0.29) is 19.4 Å². The van der Waals surface area contributed by atoms with Crippen LogP contribution >= 0.6 is 0 Å². The minimum Gasteiger partial charge on any atom is -0.481 e. The summed E-state index contributed by atoms with van der Waals surface area (Å²) >= 11 is -0.894. The first kappa shape index (κ1) is 11.9. The van der Waals surface area contributed by atoms with E-state index in [0.717, 1.165) is 0 Å². The molecule has 0 aliphatic carbocycles. The van der Waals surface area contributed by atoms with E-state index in [9.17, 15) is 13.8 Å². The summed E-state index contributed by atoms with van der Waals surface area (Å²) in [5.74, 6) is -3.00. The van der Waals surface area contributed by atoms with Crippen LogP contribution in [-0.2, 0) is 21.1 Å². The van der Waals surface area contributed by atoms with Gasteiger partial charge in [-0.2, -0.15) is 0 Å². The molecule has 0 heterocycles. The largest absolute Gasteiger partial charge is 0.481 e. The van der Waals surface area contributed by atoms with Crippen molar-refractivity contribution in [1.82, 2.24) is 0 Å². The van der Waals surface area contributed by atoms with E-state index in [1.807, 2.05) is 0 Å². The molecule has 0 bridgehead atoms. The maximum atomic E-state index is 10.5. The first-order chi connectivity index (χ1) is 6.07. The van der Waals surface area contributed by atoms with E-state index in [2.05, 4.69) is 4.36 Å². The summed E-state index contributed by atoms with van der Waals surface area (Å²) in [6, 6.07) is 0. The zero-order chi connectivity index (χ0) is 10.3. The Hall–Kier alpha value is -1.11. The third kappa shape index (κ3) is 6.09. The van der Waals surface area contributed by atoms with Crippen molar-refractivity contribution < 1.29 is 24.0 Å². The molecule has 0 fully saturated rings. The average Bonchev–Trinajstić information content (AvgIpc) is 2.03. The normalized spacial score (nSPS) is 12.9. The van der Waals surface area contributed by atoms with Gasteiger partial charge in [-0.05, 0) is 6.42 Å². The molecule has 1 atom stereocenters. The van der Waals surface area contributed by atoms with Crippen LogP contribution < -0.4 is 0 Å². The van der Waals surface area contributed by atoms with E-state index in [1.54, 1.807) is 0 Å². The molecule has 13 heavy (non-hydrogen) atoms. The number of carbonyl (C=O) groups is 2. The lowest BCUT2D eigenvalue weighted by Crippen LogP contribution is -2.18. The highest BCUT2D eigenvalue weighted by Gasteiger charge is 2.17. The standard InChI is InChI=1S/C6H11NO5S/c8-5(9)2-1-4(6(10)11)3-7-13-12/h4H,1-3,13H2,(H,8,9)(H,10,11). The van der Waals surface area contributed by atoms with Gasteiger partial charge in [0.1, 0.15) is 0 Å². The summed E-state index contributed by atoms with van der Waals surface area (Å²) in [4.78, 5) is 20.6. The van der Waals surface area contributed by atoms with Crippen molar-refractivity contribution in [2.45, 2.75) is 12.8 Å². The van der Waals surface area contributed by atoms with E-state index in [1.165, 1.54) is 0 Å². The molecule has 0 rings (SSSR count). The van der Waals surface area contributed by atoms with Crippen LogP contribution in [-0.4, -0.2) is 32.9 Å². The smallest absolute Gasteiger partial charge is 0.308 e. The molecule has 0 aliphatic heterocycles. The van der Waals surface area contributed by atoms with Crippen LogP contribution in [0.3, 0.4) is 0 Å². The van der Waals surface area contributed by atoms with Gasteiger partial charge in [-0.15, -0.1) is 0 Å². The predicted molar refractivity (Wildman–Crippen MR) is 46.2 cm³/mol. The zero-order valence-corrected chi connectivity index (χ0v) is 7.77. The average molecular weight is 209 g/mol. The number of carboxylic acid groups (broad SMARTS) is 2. The van der Waals surface area contributed by atoms with E-state index in [0.29, 0.717) is 0 Å². The van der Waals surface area contributed by atoms with Crippen LogP contribution in [0.25, 0.3) is 0 Å². The fourth-order valence-corrected chi connectivity index (χ4v) is 1.03. The predicted octanol–water partition coefficient (Wildman–Crippen LogP) is -0.587. The van der Waals surface area contributed by atoms with Gasteiger partial charge >= 0.3 is 11.9 Å². The third-order valence-corrected chi connectivity index (χ3v) is 1.74. The summed E-state index contributed by atoms with van der Waals surface area (Å²) < 4.78 is 13.3. The summed E-state index contributed by atoms with van der Waals surface area (Å²) in [5.41, 5.74) is 0. The molecule has 0 aromatic rings. The van der Waals surface area contributed by atoms with Crippen LogP contribution in [0.15, 0.2) is 4.36 Å². The lowest BCUT2D eigenvalue weighted by molar-refractivity contribution is -0.142. The number of aliphatic carboxylic acids is 2. The Morgan fingerprint density at radius 1 is 1.38 bits per heavy atom. The molecule has 76 valence electrons. The van der Waals surface area contributed by atoms with Gasteiger partial charge in [-0.1, -0.05) is 0 Å². The minimum atomic E-state index is -1.11. The van der Waals surface area contributed by atoms with Gasteiger partial charge in [0, 0.05) is 17.9 Å². The van der Waals surface area contributed by atoms with Gasteiger partial charge in [0.15, 0.2) is 0 Å². The molecule has 0 spiro atoms. The number of carboxylic acids is 2. The quantitative estimate of drug-likeness (QED) is 0.608. The molecule has 7 heteroatoms. The Balaban J connectivity index is 4.01. The molecule has 0 aliphatic rings. The van der Waals surface area contributed by atoms with Crippen molar-refractivity contribution in [2.24, 2.45) is 10.3 Å². The maximum Gasteiger partial charge on any atom is 0.308 e. The minimum absolute atomic E-state index is 0.0125. The van der Waals surface area contributed by atoms with Crippen LogP contribution in [0, 0.1) is 5.92 Å². The topological polar surface area (TPSA) is 104 Å². The molecule has 6 nitrogen and oxygen atoms in total. The monoisotopic (exact) mass is 209 g/mol. The second-order valence-corrected chi connectivity index (χ2v) is 2.90. The number of hydrogen-bond donors (Lipinski definition) is 2. The molecule has 0 radical (unpaired) electrons. The second kappa shape index (κ2) is 6.41.